The molecule has 11 heteroatoms. The molecule has 1 atom stereocenters. The standard InChI is InChI=1S/C18H17F2N5O3S/c1-11(16(26)21-14-5-3-4-6-15(14)28-17(19)20)29-18-22-23-24-25(18)12-7-9-13(27-2)10-8-12/h3-11,17H,1-2H3,(H,21,26). The number of benzene rings is 2. The van der Waals surface area contributed by atoms with Crippen LogP contribution in [0.2, 0.25) is 0 Å². The molecule has 0 aliphatic heterocycles. The van der Waals surface area contributed by atoms with E-state index in [2.05, 4.69) is 25.6 Å². The first-order chi connectivity index (χ1) is 14.0. The third kappa shape index (κ3) is 5.19. The van der Waals surface area contributed by atoms with E-state index in [1.54, 1.807) is 44.4 Å². The summed E-state index contributed by atoms with van der Waals surface area (Å²) >= 11 is 1.12. The van der Waals surface area contributed by atoms with Crippen LogP contribution in [-0.4, -0.2) is 45.1 Å². The number of thioether (sulfide) groups is 1. The number of ether oxygens (including phenoxy) is 2. The molecule has 3 aromatic rings. The number of tetrazole rings is 1. The summed E-state index contributed by atoms with van der Waals surface area (Å²) in [5, 5.41) is 13.9. The molecule has 0 aliphatic rings. The van der Waals surface area contributed by atoms with Crippen LogP contribution in [-0.2, 0) is 4.79 Å². The van der Waals surface area contributed by atoms with Gasteiger partial charge in [0.1, 0.15) is 11.5 Å². The molecule has 8 nitrogen and oxygen atoms in total. The van der Waals surface area contributed by atoms with Gasteiger partial charge in [0.05, 0.1) is 23.7 Å². The van der Waals surface area contributed by atoms with Crippen LogP contribution in [0.3, 0.4) is 0 Å². The molecule has 0 saturated carbocycles. The van der Waals surface area contributed by atoms with E-state index in [9.17, 15) is 13.6 Å². The Morgan fingerprint density at radius 1 is 1.17 bits per heavy atom. The molecule has 0 saturated heterocycles. The molecule has 1 amide bonds. The topological polar surface area (TPSA) is 91.2 Å². The molecular formula is C18H17F2N5O3S. The molecule has 0 radical (unpaired) electrons. The van der Waals surface area contributed by atoms with Crippen molar-refractivity contribution < 1.29 is 23.0 Å². The second-order valence-electron chi connectivity index (χ2n) is 5.70. The summed E-state index contributed by atoms with van der Waals surface area (Å²) in [7, 11) is 1.57. The maximum atomic E-state index is 12.5. The van der Waals surface area contributed by atoms with Crippen molar-refractivity contribution in [1.82, 2.24) is 20.2 Å². The molecule has 0 bridgehead atoms. The van der Waals surface area contributed by atoms with Crippen LogP contribution in [0.5, 0.6) is 11.5 Å². The van der Waals surface area contributed by atoms with Crippen LogP contribution >= 0.6 is 11.8 Å². The first-order valence-corrected chi connectivity index (χ1v) is 9.30. The van der Waals surface area contributed by atoms with Crippen molar-refractivity contribution >= 4 is 23.4 Å². The van der Waals surface area contributed by atoms with Crippen molar-refractivity contribution in [3.05, 3.63) is 48.5 Å². The van der Waals surface area contributed by atoms with E-state index in [4.69, 9.17) is 4.74 Å². The highest BCUT2D eigenvalue weighted by Crippen LogP contribution is 2.28. The predicted octanol–water partition coefficient (Wildman–Crippen LogP) is 3.39. The van der Waals surface area contributed by atoms with E-state index in [0.29, 0.717) is 16.6 Å². The van der Waals surface area contributed by atoms with Gasteiger partial charge in [-0.15, -0.1) is 5.10 Å². The average molecular weight is 421 g/mol. The highest BCUT2D eigenvalue weighted by molar-refractivity contribution is 8.00. The lowest BCUT2D eigenvalue weighted by Crippen LogP contribution is -2.23. The largest absolute Gasteiger partial charge is 0.497 e. The molecule has 0 spiro atoms. The van der Waals surface area contributed by atoms with Gasteiger partial charge in [-0.3, -0.25) is 4.79 Å². The zero-order valence-corrected chi connectivity index (χ0v) is 16.3. The van der Waals surface area contributed by atoms with Crippen molar-refractivity contribution in [3.8, 4) is 17.2 Å². The van der Waals surface area contributed by atoms with Gasteiger partial charge in [0.25, 0.3) is 0 Å². The van der Waals surface area contributed by atoms with E-state index in [1.165, 1.54) is 22.9 Å². The summed E-state index contributed by atoms with van der Waals surface area (Å²) in [6.45, 7) is -1.34. The highest BCUT2D eigenvalue weighted by Gasteiger charge is 2.21. The van der Waals surface area contributed by atoms with Crippen LogP contribution in [0, 0.1) is 0 Å². The van der Waals surface area contributed by atoms with Gasteiger partial charge < -0.3 is 14.8 Å². The number of hydrogen-bond donors (Lipinski definition) is 1. The molecule has 0 fully saturated rings. The fourth-order valence-corrected chi connectivity index (χ4v) is 3.16. The Kier molecular flexibility index (Phi) is 6.60. The van der Waals surface area contributed by atoms with E-state index in [0.717, 1.165) is 11.8 Å². The number of methoxy groups -OCH3 is 1. The summed E-state index contributed by atoms with van der Waals surface area (Å²) in [5.74, 6) is 0.161. The number of halogens is 2. The summed E-state index contributed by atoms with van der Waals surface area (Å²) in [5.41, 5.74) is 0.849. The average Bonchev–Trinajstić information content (AvgIpc) is 3.17. The molecular weight excluding hydrogens is 404 g/mol. The van der Waals surface area contributed by atoms with Gasteiger partial charge >= 0.3 is 6.61 Å². The van der Waals surface area contributed by atoms with Gasteiger partial charge in [-0.25, -0.2) is 0 Å². The van der Waals surface area contributed by atoms with E-state index < -0.39 is 17.8 Å². The Balaban J connectivity index is 1.70. The van der Waals surface area contributed by atoms with Crippen molar-refractivity contribution in [2.24, 2.45) is 0 Å². The minimum Gasteiger partial charge on any atom is -0.497 e. The Morgan fingerprint density at radius 3 is 2.59 bits per heavy atom. The van der Waals surface area contributed by atoms with Gasteiger partial charge in [0.2, 0.25) is 11.1 Å². The number of hydrogen-bond acceptors (Lipinski definition) is 7. The third-order valence-corrected chi connectivity index (χ3v) is 4.80. The Morgan fingerprint density at radius 2 is 1.90 bits per heavy atom. The number of aromatic nitrogens is 4. The number of amides is 1. The van der Waals surface area contributed by atoms with Gasteiger partial charge in [-0.05, 0) is 53.7 Å². The van der Waals surface area contributed by atoms with Gasteiger partial charge in [-0.1, -0.05) is 23.9 Å². The molecule has 1 unspecified atom stereocenters. The van der Waals surface area contributed by atoms with Crippen LogP contribution < -0.4 is 14.8 Å². The van der Waals surface area contributed by atoms with Crippen molar-refractivity contribution in [1.29, 1.82) is 0 Å². The maximum absolute atomic E-state index is 12.5. The molecule has 0 aliphatic carbocycles. The van der Waals surface area contributed by atoms with Gasteiger partial charge in [0, 0.05) is 0 Å². The lowest BCUT2D eigenvalue weighted by molar-refractivity contribution is -0.115. The Bertz CT molecular complexity index is 968. The summed E-state index contributed by atoms with van der Waals surface area (Å²) in [6, 6.07) is 13.1. The van der Waals surface area contributed by atoms with E-state index in [1.807, 2.05) is 0 Å². The minimum absolute atomic E-state index is 0.115. The molecule has 2 aromatic carbocycles. The van der Waals surface area contributed by atoms with Crippen molar-refractivity contribution in [2.45, 2.75) is 23.9 Å². The van der Waals surface area contributed by atoms with Crippen LogP contribution in [0.4, 0.5) is 14.5 Å². The maximum Gasteiger partial charge on any atom is 0.387 e. The van der Waals surface area contributed by atoms with Gasteiger partial charge in [0.15, 0.2) is 0 Å². The number of anilines is 1. The number of alkyl halides is 2. The second-order valence-corrected chi connectivity index (χ2v) is 7.00. The smallest absolute Gasteiger partial charge is 0.387 e. The first kappa shape index (κ1) is 20.5. The summed E-state index contributed by atoms with van der Waals surface area (Å²) in [6.07, 6.45) is 0. The summed E-state index contributed by atoms with van der Waals surface area (Å²) in [4.78, 5) is 12.5. The highest BCUT2D eigenvalue weighted by atomic mass is 32.2. The fourth-order valence-electron chi connectivity index (χ4n) is 2.35. The number of nitrogens with one attached hydrogen (secondary N) is 1. The first-order valence-electron chi connectivity index (χ1n) is 8.42. The lowest BCUT2D eigenvalue weighted by Gasteiger charge is -2.14. The quantitative estimate of drug-likeness (QED) is 0.558. The number of carbonyl (C=O) groups excluding carboxylic acids is 1. The lowest BCUT2D eigenvalue weighted by atomic mass is 10.3. The molecule has 1 N–H and O–H groups in total. The zero-order valence-electron chi connectivity index (χ0n) is 15.5. The molecule has 29 heavy (non-hydrogen) atoms. The normalized spacial score (nSPS) is 11.9. The number of nitrogens with zero attached hydrogens (tertiary/aromatic N) is 4. The Labute approximate surface area is 169 Å². The minimum atomic E-state index is -2.99. The van der Waals surface area contributed by atoms with Crippen LogP contribution in [0.25, 0.3) is 5.69 Å². The predicted molar refractivity (Wildman–Crippen MR) is 103 cm³/mol. The van der Waals surface area contributed by atoms with Crippen molar-refractivity contribution in [2.75, 3.05) is 12.4 Å². The third-order valence-electron chi connectivity index (χ3n) is 3.77. The number of carbonyl (C=O) groups is 1. The molecule has 1 aromatic heterocycles. The van der Waals surface area contributed by atoms with E-state index >= 15 is 0 Å². The van der Waals surface area contributed by atoms with E-state index in [-0.39, 0.29) is 11.4 Å². The second kappa shape index (κ2) is 9.32. The fraction of sp³-hybridized carbons (Fsp3) is 0.222. The number of rotatable bonds is 8. The molecule has 152 valence electrons. The molecule has 3 rings (SSSR count). The number of para-hydroxylation sites is 2. The zero-order chi connectivity index (χ0) is 20.8. The molecule has 1 heterocycles. The summed E-state index contributed by atoms with van der Waals surface area (Å²) < 4.78 is 36.1. The Hall–Kier alpha value is -3.21. The van der Waals surface area contributed by atoms with Crippen LogP contribution in [0.1, 0.15) is 6.92 Å². The van der Waals surface area contributed by atoms with Crippen LogP contribution in [0.15, 0.2) is 53.7 Å². The monoisotopic (exact) mass is 421 g/mol. The van der Waals surface area contributed by atoms with Crippen molar-refractivity contribution in [3.63, 3.8) is 0 Å². The van der Waals surface area contributed by atoms with Gasteiger partial charge in [-0.2, -0.15) is 13.5 Å². The SMILES string of the molecule is COc1ccc(-n2nnnc2SC(C)C(=O)Nc2ccccc2OC(F)F)cc1.